The van der Waals surface area contributed by atoms with Crippen LogP contribution in [-0.4, -0.2) is 45.1 Å². The van der Waals surface area contributed by atoms with Crippen LogP contribution in [0, 0.1) is 0 Å². The first kappa shape index (κ1) is 29.7. The molecule has 2 aliphatic heterocycles. The molecule has 222 valence electrons. The third-order valence-corrected chi connectivity index (χ3v) is 9.98. The van der Waals surface area contributed by atoms with Gasteiger partial charge < -0.3 is 15.4 Å². The summed E-state index contributed by atoms with van der Waals surface area (Å²) in [5.74, 6) is -1.22. The number of rotatable bonds is 9. The molecule has 0 radical (unpaired) electrons. The third kappa shape index (κ3) is 6.59. The van der Waals surface area contributed by atoms with Crippen LogP contribution in [0.2, 0.25) is 0 Å². The number of nitrogens with one attached hydrogen (secondary N) is 2. The lowest BCUT2D eigenvalue weighted by molar-refractivity contribution is -0.154. The van der Waals surface area contributed by atoms with Crippen molar-refractivity contribution in [3.05, 3.63) is 136 Å². The van der Waals surface area contributed by atoms with Gasteiger partial charge in [0.05, 0.1) is 12.1 Å². The van der Waals surface area contributed by atoms with Gasteiger partial charge in [0.2, 0.25) is 5.91 Å². The van der Waals surface area contributed by atoms with Gasteiger partial charge in [-0.3, -0.25) is 19.3 Å². The summed E-state index contributed by atoms with van der Waals surface area (Å²) in [6.07, 6.45) is -0.587. The van der Waals surface area contributed by atoms with Crippen LogP contribution in [0.5, 0.6) is 0 Å². The molecular formula is C33H27N3O5S3. The lowest BCUT2D eigenvalue weighted by atomic mass is 10.0. The number of carbonyl (C=O) groups is 4. The van der Waals surface area contributed by atoms with E-state index in [0.717, 1.165) is 32.7 Å². The Labute approximate surface area is 266 Å². The molecule has 1 fully saturated rings. The van der Waals surface area contributed by atoms with Crippen molar-refractivity contribution < 1.29 is 23.9 Å². The fourth-order valence-corrected chi connectivity index (χ4v) is 7.66. The standard InChI is InChI=1S/C33H27N3O5S3/c37-26(19-24-17-10-18-42-24)35-27-30(38)36-28(25(20-43-31(27)36)34-33(40)44-23-15-8-3-9-16-23)32(39)41-29(21-11-4-1-5-12-21)22-13-6-2-7-14-22/h1-18,27,29,31H,19-20H2,(H,34,40)(H,35,37)/t27?,31-/m0/s1. The molecule has 0 spiro atoms. The second kappa shape index (κ2) is 13.5. The van der Waals surface area contributed by atoms with Gasteiger partial charge in [-0.15, -0.1) is 23.1 Å². The SMILES string of the molecule is O=C(Cc1cccs1)NC1C(=O)N2C(C(=O)OC(c3ccccc3)c3ccccc3)=C(NC(=O)Sc3ccccc3)CS[C@@H]12. The summed E-state index contributed by atoms with van der Waals surface area (Å²) < 4.78 is 6.14. The van der Waals surface area contributed by atoms with Gasteiger partial charge in [0.25, 0.3) is 11.1 Å². The van der Waals surface area contributed by atoms with Crippen molar-refractivity contribution in [3.63, 3.8) is 0 Å². The average Bonchev–Trinajstić information content (AvgIpc) is 3.56. The Morgan fingerprint density at radius 1 is 0.886 bits per heavy atom. The topological polar surface area (TPSA) is 105 Å². The highest BCUT2D eigenvalue weighted by Gasteiger charge is 2.55. The van der Waals surface area contributed by atoms with E-state index in [4.69, 9.17) is 4.74 Å². The minimum Gasteiger partial charge on any atom is -0.448 e. The Morgan fingerprint density at radius 2 is 1.52 bits per heavy atom. The van der Waals surface area contributed by atoms with Gasteiger partial charge in [0, 0.05) is 15.5 Å². The molecule has 2 atom stereocenters. The van der Waals surface area contributed by atoms with E-state index >= 15 is 0 Å². The van der Waals surface area contributed by atoms with E-state index in [1.54, 1.807) is 0 Å². The van der Waals surface area contributed by atoms with Crippen LogP contribution in [0.15, 0.2) is 125 Å². The van der Waals surface area contributed by atoms with Gasteiger partial charge in [-0.25, -0.2) is 4.79 Å². The Balaban J connectivity index is 1.28. The van der Waals surface area contributed by atoms with Gasteiger partial charge >= 0.3 is 5.97 Å². The van der Waals surface area contributed by atoms with Crippen molar-refractivity contribution >= 4 is 57.9 Å². The zero-order valence-electron chi connectivity index (χ0n) is 23.3. The third-order valence-electron chi connectivity index (χ3n) is 7.03. The summed E-state index contributed by atoms with van der Waals surface area (Å²) in [5.41, 5.74) is 1.77. The minimum absolute atomic E-state index is 0.0265. The second-order valence-corrected chi connectivity index (χ2v) is 13.2. The molecule has 3 amide bonds. The number of esters is 1. The van der Waals surface area contributed by atoms with Gasteiger partial charge in [-0.05, 0) is 46.5 Å². The van der Waals surface area contributed by atoms with Crippen LogP contribution in [-0.2, 0) is 25.5 Å². The van der Waals surface area contributed by atoms with Crippen molar-refractivity contribution in [2.45, 2.75) is 28.8 Å². The maximum absolute atomic E-state index is 14.1. The van der Waals surface area contributed by atoms with Crippen molar-refractivity contribution in [2.75, 3.05) is 5.75 Å². The number of amides is 3. The Bertz CT molecular complexity index is 1640. The first-order valence-electron chi connectivity index (χ1n) is 13.8. The molecule has 0 saturated carbocycles. The lowest BCUT2D eigenvalue weighted by Crippen LogP contribution is -2.71. The summed E-state index contributed by atoms with van der Waals surface area (Å²) in [6.45, 7) is 0. The van der Waals surface area contributed by atoms with E-state index in [2.05, 4.69) is 10.6 Å². The number of ether oxygens (including phenoxy) is 1. The largest absolute Gasteiger partial charge is 0.448 e. The van der Waals surface area contributed by atoms with Gasteiger partial charge in [-0.1, -0.05) is 84.9 Å². The smallest absolute Gasteiger partial charge is 0.357 e. The number of fused-ring (bicyclic) bond motifs is 1. The molecule has 1 unspecified atom stereocenters. The molecule has 11 heteroatoms. The number of β-lactam (4-membered cyclic amide) rings is 1. The molecule has 1 aromatic heterocycles. The molecule has 4 aromatic rings. The van der Waals surface area contributed by atoms with Crippen molar-refractivity contribution in [1.82, 2.24) is 15.5 Å². The van der Waals surface area contributed by atoms with E-state index in [0.29, 0.717) is 0 Å². The zero-order chi connectivity index (χ0) is 30.5. The maximum Gasteiger partial charge on any atom is 0.357 e. The zero-order valence-corrected chi connectivity index (χ0v) is 25.7. The van der Waals surface area contributed by atoms with Gasteiger partial charge in [-0.2, -0.15) is 0 Å². The van der Waals surface area contributed by atoms with E-state index < -0.39 is 34.6 Å². The highest BCUT2D eigenvalue weighted by molar-refractivity contribution is 8.13. The van der Waals surface area contributed by atoms with Crippen molar-refractivity contribution in [3.8, 4) is 0 Å². The number of thioether (sulfide) groups is 2. The first-order valence-corrected chi connectivity index (χ1v) is 16.6. The van der Waals surface area contributed by atoms with Crippen LogP contribution >= 0.6 is 34.9 Å². The van der Waals surface area contributed by atoms with Crippen molar-refractivity contribution in [2.24, 2.45) is 0 Å². The number of thiophene rings is 1. The Morgan fingerprint density at radius 3 is 2.14 bits per heavy atom. The minimum atomic E-state index is -0.801. The van der Waals surface area contributed by atoms with Crippen LogP contribution < -0.4 is 10.6 Å². The van der Waals surface area contributed by atoms with Gasteiger partial charge in [0.15, 0.2) is 11.8 Å². The summed E-state index contributed by atoms with van der Waals surface area (Å²) >= 11 is 3.82. The predicted molar refractivity (Wildman–Crippen MR) is 172 cm³/mol. The normalized spacial score (nSPS) is 17.5. The average molecular weight is 642 g/mol. The highest BCUT2D eigenvalue weighted by Crippen LogP contribution is 2.41. The van der Waals surface area contributed by atoms with Crippen LogP contribution in [0.3, 0.4) is 0 Å². The van der Waals surface area contributed by atoms with Gasteiger partial charge in [0.1, 0.15) is 11.4 Å². The van der Waals surface area contributed by atoms with E-state index in [1.165, 1.54) is 28.0 Å². The highest BCUT2D eigenvalue weighted by atomic mass is 32.2. The number of hydrogen-bond donors (Lipinski definition) is 2. The molecule has 3 heterocycles. The van der Waals surface area contributed by atoms with E-state index in [9.17, 15) is 19.2 Å². The molecule has 2 N–H and O–H groups in total. The summed E-state index contributed by atoms with van der Waals surface area (Å²) in [4.78, 5) is 56.4. The first-order chi connectivity index (χ1) is 21.5. The lowest BCUT2D eigenvalue weighted by Gasteiger charge is -2.49. The number of hydrogen-bond acceptors (Lipinski definition) is 8. The summed E-state index contributed by atoms with van der Waals surface area (Å²) in [5, 5.41) is 6.65. The number of benzene rings is 3. The van der Waals surface area contributed by atoms with Crippen LogP contribution in [0.1, 0.15) is 22.1 Å². The predicted octanol–water partition coefficient (Wildman–Crippen LogP) is 5.74. The van der Waals surface area contributed by atoms with Crippen molar-refractivity contribution in [1.29, 1.82) is 0 Å². The Kier molecular flexibility index (Phi) is 9.15. The molecular weight excluding hydrogens is 615 g/mol. The summed E-state index contributed by atoms with van der Waals surface area (Å²) in [7, 11) is 0. The number of carbonyl (C=O) groups excluding carboxylic acids is 4. The molecule has 44 heavy (non-hydrogen) atoms. The molecule has 0 aliphatic carbocycles. The molecule has 1 saturated heterocycles. The summed E-state index contributed by atoms with van der Waals surface area (Å²) in [6, 6.07) is 30.7. The molecule has 3 aromatic carbocycles. The van der Waals surface area contributed by atoms with E-state index in [-0.39, 0.29) is 29.5 Å². The van der Waals surface area contributed by atoms with E-state index in [1.807, 2.05) is 109 Å². The fraction of sp³-hybridized carbons (Fsp3) is 0.152. The van der Waals surface area contributed by atoms with Crippen LogP contribution in [0.25, 0.3) is 0 Å². The Hall–Kier alpha value is -4.32. The molecule has 2 aliphatic rings. The second-order valence-electron chi connectivity index (χ2n) is 9.97. The molecule has 8 nitrogen and oxygen atoms in total. The van der Waals surface area contributed by atoms with Crippen LogP contribution in [0.4, 0.5) is 4.79 Å². The molecule has 6 rings (SSSR count). The number of nitrogens with zero attached hydrogens (tertiary/aromatic N) is 1. The maximum atomic E-state index is 14.1. The quantitative estimate of drug-likeness (QED) is 0.137. The fourth-order valence-electron chi connectivity index (χ4n) is 4.99. The molecule has 0 bridgehead atoms. The monoisotopic (exact) mass is 641 g/mol.